The molecule has 2 nitrogen and oxygen atoms in total. The number of carbonyl (C=O) groups is 1. The minimum atomic E-state index is -2.59. The number of hydrogen-bond acceptors (Lipinski definition) is 1. The van der Waals surface area contributed by atoms with Gasteiger partial charge in [-0.25, -0.2) is 8.78 Å². The van der Waals surface area contributed by atoms with Crippen LogP contribution in [0, 0.1) is 0 Å². The Balaban J connectivity index is 1.61. The van der Waals surface area contributed by atoms with Gasteiger partial charge < -0.3 is 4.90 Å². The van der Waals surface area contributed by atoms with E-state index >= 15 is 0 Å². The van der Waals surface area contributed by atoms with Crippen molar-refractivity contribution in [2.24, 2.45) is 0 Å². The molecule has 0 N–H and O–H groups in total. The predicted molar refractivity (Wildman–Crippen MR) is 72.9 cm³/mol. The van der Waals surface area contributed by atoms with Crippen molar-refractivity contribution >= 4 is 5.91 Å². The SMILES string of the molecule is O=C(CC1CCc2ccccc21)N1CCC(F)(F)CC1. The summed E-state index contributed by atoms with van der Waals surface area (Å²) >= 11 is 0. The Morgan fingerprint density at radius 3 is 2.70 bits per heavy atom. The van der Waals surface area contributed by atoms with Crippen LogP contribution in [0.5, 0.6) is 0 Å². The molecule has 1 aromatic carbocycles. The van der Waals surface area contributed by atoms with Gasteiger partial charge in [-0.1, -0.05) is 24.3 Å². The van der Waals surface area contributed by atoms with Crippen LogP contribution in [0.1, 0.15) is 42.7 Å². The number of halogens is 2. The fraction of sp³-hybridized carbons (Fsp3) is 0.562. The average Bonchev–Trinajstić information content (AvgIpc) is 2.82. The van der Waals surface area contributed by atoms with E-state index in [1.54, 1.807) is 4.90 Å². The summed E-state index contributed by atoms with van der Waals surface area (Å²) in [6.07, 6.45) is 2.09. The minimum Gasteiger partial charge on any atom is -0.342 e. The molecular formula is C16H19F2NO. The zero-order chi connectivity index (χ0) is 14.2. The summed E-state index contributed by atoms with van der Waals surface area (Å²) in [4.78, 5) is 13.9. The van der Waals surface area contributed by atoms with Crippen LogP contribution in [-0.2, 0) is 11.2 Å². The number of fused-ring (bicyclic) bond motifs is 1. The summed E-state index contributed by atoms with van der Waals surface area (Å²) < 4.78 is 26.2. The first kappa shape index (κ1) is 13.5. The van der Waals surface area contributed by atoms with E-state index in [-0.39, 0.29) is 37.8 Å². The highest BCUT2D eigenvalue weighted by Crippen LogP contribution is 2.36. The number of nitrogens with zero attached hydrogens (tertiary/aromatic N) is 1. The molecule has 4 heteroatoms. The van der Waals surface area contributed by atoms with Crippen molar-refractivity contribution in [1.29, 1.82) is 0 Å². The summed E-state index contributed by atoms with van der Waals surface area (Å²) in [5, 5.41) is 0. The Morgan fingerprint density at radius 1 is 1.25 bits per heavy atom. The second kappa shape index (κ2) is 5.15. The van der Waals surface area contributed by atoms with Crippen LogP contribution >= 0.6 is 0 Å². The van der Waals surface area contributed by atoms with Crippen molar-refractivity contribution in [1.82, 2.24) is 4.90 Å². The number of likely N-dealkylation sites (tertiary alicyclic amines) is 1. The van der Waals surface area contributed by atoms with Gasteiger partial charge >= 0.3 is 0 Å². The zero-order valence-corrected chi connectivity index (χ0v) is 11.4. The van der Waals surface area contributed by atoms with Crippen molar-refractivity contribution in [3.8, 4) is 0 Å². The lowest BCUT2D eigenvalue weighted by Crippen LogP contribution is -2.43. The van der Waals surface area contributed by atoms with Gasteiger partial charge in [0, 0.05) is 32.4 Å². The number of alkyl halides is 2. The molecule has 0 saturated carbocycles. The first-order valence-electron chi connectivity index (χ1n) is 7.28. The molecule has 1 amide bonds. The molecule has 0 radical (unpaired) electrons. The lowest BCUT2D eigenvalue weighted by molar-refractivity contribution is -0.137. The van der Waals surface area contributed by atoms with Crippen LogP contribution in [0.4, 0.5) is 8.78 Å². The molecule has 0 aromatic heterocycles. The minimum absolute atomic E-state index is 0.0298. The summed E-state index contributed by atoms with van der Waals surface area (Å²) in [5.41, 5.74) is 2.60. The van der Waals surface area contributed by atoms with Crippen molar-refractivity contribution in [3.05, 3.63) is 35.4 Å². The van der Waals surface area contributed by atoms with Gasteiger partial charge in [0.1, 0.15) is 0 Å². The van der Waals surface area contributed by atoms with Gasteiger partial charge in [-0.05, 0) is 29.9 Å². The first-order chi connectivity index (χ1) is 9.55. The van der Waals surface area contributed by atoms with Crippen molar-refractivity contribution in [2.45, 2.75) is 43.9 Å². The third-order valence-electron chi connectivity index (χ3n) is 4.53. The molecule has 3 rings (SSSR count). The van der Waals surface area contributed by atoms with E-state index in [1.165, 1.54) is 11.1 Å². The molecule has 1 atom stereocenters. The topological polar surface area (TPSA) is 20.3 Å². The molecule has 1 fully saturated rings. The van der Waals surface area contributed by atoms with E-state index in [9.17, 15) is 13.6 Å². The maximum Gasteiger partial charge on any atom is 0.251 e. The highest BCUT2D eigenvalue weighted by Gasteiger charge is 2.36. The molecular weight excluding hydrogens is 260 g/mol. The number of hydrogen-bond donors (Lipinski definition) is 0. The molecule has 1 heterocycles. The maximum absolute atomic E-state index is 13.1. The molecule has 1 unspecified atom stereocenters. The Kier molecular flexibility index (Phi) is 3.48. The fourth-order valence-electron chi connectivity index (χ4n) is 3.28. The predicted octanol–water partition coefficient (Wildman–Crippen LogP) is 3.36. The van der Waals surface area contributed by atoms with Gasteiger partial charge in [-0.3, -0.25) is 4.79 Å². The summed E-state index contributed by atoms with van der Waals surface area (Å²) in [6, 6.07) is 8.23. The summed E-state index contributed by atoms with van der Waals surface area (Å²) in [7, 11) is 0. The van der Waals surface area contributed by atoms with Crippen LogP contribution in [0.15, 0.2) is 24.3 Å². The highest BCUT2D eigenvalue weighted by atomic mass is 19.3. The fourth-order valence-corrected chi connectivity index (χ4v) is 3.28. The number of piperidine rings is 1. The number of amides is 1. The van der Waals surface area contributed by atoms with Gasteiger partial charge in [-0.2, -0.15) is 0 Å². The standard InChI is InChI=1S/C16H19F2NO/c17-16(18)7-9-19(10-8-16)15(20)11-13-6-5-12-3-1-2-4-14(12)13/h1-4,13H,5-11H2. The van der Waals surface area contributed by atoms with E-state index < -0.39 is 5.92 Å². The monoisotopic (exact) mass is 279 g/mol. The van der Waals surface area contributed by atoms with E-state index in [0.717, 1.165) is 12.8 Å². The van der Waals surface area contributed by atoms with Gasteiger partial charge in [0.15, 0.2) is 0 Å². The third-order valence-corrected chi connectivity index (χ3v) is 4.53. The summed E-state index contributed by atoms with van der Waals surface area (Å²) in [6.45, 7) is 0.389. The maximum atomic E-state index is 13.1. The van der Waals surface area contributed by atoms with E-state index in [1.807, 2.05) is 12.1 Å². The molecule has 20 heavy (non-hydrogen) atoms. The van der Waals surface area contributed by atoms with E-state index in [4.69, 9.17) is 0 Å². The second-order valence-corrected chi connectivity index (χ2v) is 5.88. The van der Waals surface area contributed by atoms with Crippen molar-refractivity contribution in [3.63, 3.8) is 0 Å². The van der Waals surface area contributed by atoms with Gasteiger partial charge in [-0.15, -0.1) is 0 Å². The van der Waals surface area contributed by atoms with Gasteiger partial charge in [0.2, 0.25) is 5.91 Å². The van der Waals surface area contributed by atoms with Crippen LogP contribution in [0.2, 0.25) is 0 Å². The van der Waals surface area contributed by atoms with Crippen LogP contribution < -0.4 is 0 Å². The largest absolute Gasteiger partial charge is 0.342 e. The normalized spacial score (nSPS) is 24.5. The molecule has 1 aliphatic carbocycles. The Hall–Kier alpha value is -1.45. The molecule has 0 bridgehead atoms. The van der Waals surface area contributed by atoms with Gasteiger partial charge in [0.25, 0.3) is 5.92 Å². The Bertz CT molecular complexity index is 505. The number of benzene rings is 1. The number of carbonyl (C=O) groups excluding carboxylic acids is 1. The van der Waals surface area contributed by atoms with Crippen LogP contribution in [0.25, 0.3) is 0 Å². The Morgan fingerprint density at radius 2 is 1.95 bits per heavy atom. The van der Waals surface area contributed by atoms with Crippen LogP contribution in [0.3, 0.4) is 0 Å². The molecule has 108 valence electrons. The number of rotatable bonds is 2. The molecule has 1 aliphatic heterocycles. The van der Waals surface area contributed by atoms with E-state index in [2.05, 4.69) is 12.1 Å². The molecule has 1 aromatic rings. The highest BCUT2D eigenvalue weighted by molar-refractivity contribution is 5.77. The summed E-state index contributed by atoms with van der Waals surface area (Å²) in [5.74, 6) is -2.29. The van der Waals surface area contributed by atoms with Crippen LogP contribution in [-0.4, -0.2) is 29.8 Å². The molecule has 0 spiro atoms. The van der Waals surface area contributed by atoms with Crippen molar-refractivity contribution < 1.29 is 13.6 Å². The lowest BCUT2D eigenvalue weighted by atomic mass is 9.96. The average molecular weight is 279 g/mol. The Labute approximate surface area is 117 Å². The molecule has 2 aliphatic rings. The molecule has 1 saturated heterocycles. The number of aryl methyl sites for hydroxylation is 1. The second-order valence-electron chi connectivity index (χ2n) is 5.88. The smallest absolute Gasteiger partial charge is 0.251 e. The third kappa shape index (κ3) is 2.69. The quantitative estimate of drug-likeness (QED) is 0.813. The first-order valence-corrected chi connectivity index (χ1v) is 7.28. The van der Waals surface area contributed by atoms with E-state index in [0.29, 0.717) is 6.42 Å². The lowest BCUT2D eigenvalue weighted by Gasteiger charge is -2.32. The van der Waals surface area contributed by atoms with Crippen molar-refractivity contribution in [2.75, 3.05) is 13.1 Å². The zero-order valence-electron chi connectivity index (χ0n) is 11.4. The van der Waals surface area contributed by atoms with Gasteiger partial charge in [0.05, 0.1) is 0 Å².